The first kappa shape index (κ1) is 16.2. The van der Waals surface area contributed by atoms with Crippen LogP contribution >= 0.6 is 11.6 Å². The maximum Gasteiger partial charge on any atom is 0.160 e. The van der Waals surface area contributed by atoms with Gasteiger partial charge in [-0.15, -0.1) is 11.6 Å². The molecule has 0 aliphatic rings. The van der Waals surface area contributed by atoms with Gasteiger partial charge in [-0.3, -0.25) is 0 Å². The van der Waals surface area contributed by atoms with Crippen molar-refractivity contribution in [3.05, 3.63) is 23.7 Å². The standard InChI is InChI=1S/C16H25ClN4/c1-4-10-20(5-2)11-12-21-15(8-9-17)19-14-7-6-13(3)18-16(14)21/h6-7H,4-5,8-12H2,1-3H3. The van der Waals surface area contributed by atoms with Crippen molar-refractivity contribution in [3.63, 3.8) is 0 Å². The van der Waals surface area contributed by atoms with E-state index in [0.29, 0.717) is 5.88 Å². The van der Waals surface area contributed by atoms with Gasteiger partial charge in [-0.2, -0.15) is 0 Å². The van der Waals surface area contributed by atoms with Gasteiger partial charge in [-0.1, -0.05) is 13.8 Å². The number of halogens is 1. The van der Waals surface area contributed by atoms with Crippen LogP contribution in [0.2, 0.25) is 0 Å². The molecule has 0 saturated heterocycles. The fraction of sp³-hybridized carbons (Fsp3) is 0.625. The van der Waals surface area contributed by atoms with Crippen LogP contribution in [0.1, 0.15) is 31.8 Å². The van der Waals surface area contributed by atoms with Gasteiger partial charge >= 0.3 is 0 Å². The molecular weight excluding hydrogens is 284 g/mol. The van der Waals surface area contributed by atoms with Gasteiger partial charge in [-0.05, 0) is 38.6 Å². The van der Waals surface area contributed by atoms with Crippen LogP contribution in [0.3, 0.4) is 0 Å². The van der Waals surface area contributed by atoms with Crippen molar-refractivity contribution in [1.82, 2.24) is 19.4 Å². The third kappa shape index (κ3) is 3.95. The summed E-state index contributed by atoms with van der Waals surface area (Å²) in [5.74, 6) is 1.64. The third-order valence-corrected chi connectivity index (χ3v) is 3.94. The fourth-order valence-electron chi connectivity index (χ4n) is 2.64. The smallest absolute Gasteiger partial charge is 0.160 e. The van der Waals surface area contributed by atoms with Gasteiger partial charge in [0.2, 0.25) is 0 Å². The molecule has 2 aromatic rings. The van der Waals surface area contributed by atoms with Gasteiger partial charge in [0.1, 0.15) is 11.3 Å². The quantitative estimate of drug-likeness (QED) is 0.702. The highest BCUT2D eigenvalue weighted by Crippen LogP contribution is 2.16. The zero-order valence-corrected chi connectivity index (χ0v) is 14.0. The largest absolute Gasteiger partial charge is 0.311 e. The van der Waals surface area contributed by atoms with E-state index in [4.69, 9.17) is 16.6 Å². The van der Waals surface area contributed by atoms with Crippen molar-refractivity contribution in [2.24, 2.45) is 0 Å². The SMILES string of the molecule is CCCN(CC)CCn1c(CCCl)nc2ccc(C)nc21. The molecule has 0 unspecified atom stereocenters. The summed E-state index contributed by atoms with van der Waals surface area (Å²) in [6.07, 6.45) is 1.97. The van der Waals surface area contributed by atoms with Gasteiger partial charge < -0.3 is 9.47 Å². The van der Waals surface area contributed by atoms with Crippen LogP contribution in [0.4, 0.5) is 0 Å². The van der Waals surface area contributed by atoms with E-state index in [0.717, 1.165) is 55.3 Å². The fourth-order valence-corrected chi connectivity index (χ4v) is 2.81. The normalized spacial score (nSPS) is 11.7. The number of imidazole rings is 1. The highest BCUT2D eigenvalue weighted by atomic mass is 35.5. The summed E-state index contributed by atoms with van der Waals surface area (Å²) in [4.78, 5) is 11.8. The predicted molar refractivity (Wildman–Crippen MR) is 89.1 cm³/mol. The maximum absolute atomic E-state index is 5.92. The topological polar surface area (TPSA) is 34.0 Å². The second-order valence-corrected chi connectivity index (χ2v) is 5.73. The Kier molecular flexibility index (Phi) is 6.00. The van der Waals surface area contributed by atoms with Crippen molar-refractivity contribution in [3.8, 4) is 0 Å². The van der Waals surface area contributed by atoms with Crippen LogP contribution in [-0.2, 0) is 13.0 Å². The number of aryl methyl sites for hydroxylation is 2. The number of aromatic nitrogens is 3. The molecule has 2 heterocycles. The van der Waals surface area contributed by atoms with Crippen LogP contribution in [0.15, 0.2) is 12.1 Å². The average molecular weight is 309 g/mol. The van der Waals surface area contributed by atoms with Crippen LogP contribution in [0, 0.1) is 6.92 Å². The lowest BCUT2D eigenvalue weighted by Gasteiger charge is -2.20. The Morgan fingerprint density at radius 2 is 2.00 bits per heavy atom. The number of pyridine rings is 1. The summed E-state index contributed by atoms with van der Waals surface area (Å²) in [7, 11) is 0. The molecule has 2 rings (SSSR count). The Morgan fingerprint density at radius 3 is 2.67 bits per heavy atom. The van der Waals surface area contributed by atoms with Crippen molar-refractivity contribution in [2.45, 2.75) is 40.2 Å². The Labute approximate surface area is 132 Å². The van der Waals surface area contributed by atoms with E-state index in [-0.39, 0.29) is 0 Å². The summed E-state index contributed by atoms with van der Waals surface area (Å²) in [6, 6.07) is 4.06. The number of hydrogen-bond donors (Lipinski definition) is 0. The summed E-state index contributed by atoms with van der Waals surface area (Å²) < 4.78 is 2.24. The van der Waals surface area contributed by atoms with Crippen LogP contribution in [-0.4, -0.2) is 44.9 Å². The molecule has 21 heavy (non-hydrogen) atoms. The van der Waals surface area contributed by atoms with Crippen LogP contribution < -0.4 is 0 Å². The molecule has 116 valence electrons. The number of rotatable bonds is 8. The highest BCUT2D eigenvalue weighted by Gasteiger charge is 2.12. The van der Waals surface area contributed by atoms with Gasteiger partial charge in [0.25, 0.3) is 0 Å². The summed E-state index contributed by atoms with van der Waals surface area (Å²) in [6.45, 7) is 10.6. The molecule has 2 aromatic heterocycles. The molecule has 5 heteroatoms. The molecule has 0 bridgehead atoms. The number of fused-ring (bicyclic) bond motifs is 1. The lowest BCUT2D eigenvalue weighted by atomic mass is 10.3. The molecule has 0 fully saturated rings. The minimum absolute atomic E-state index is 0.592. The molecule has 0 aromatic carbocycles. The minimum atomic E-state index is 0.592. The molecule has 0 amide bonds. The summed E-state index contributed by atoms with van der Waals surface area (Å²) in [5, 5.41) is 0. The van der Waals surface area contributed by atoms with Crippen LogP contribution in [0.25, 0.3) is 11.2 Å². The summed E-state index contributed by atoms with van der Waals surface area (Å²) in [5.41, 5.74) is 2.99. The number of nitrogens with zero attached hydrogens (tertiary/aromatic N) is 4. The maximum atomic E-state index is 5.92. The molecule has 0 radical (unpaired) electrons. The molecule has 0 aliphatic carbocycles. The second-order valence-electron chi connectivity index (χ2n) is 5.35. The van der Waals surface area contributed by atoms with Crippen molar-refractivity contribution >= 4 is 22.8 Å². The third-order valence-electron chi connectivity index (χ3n) is 3.76. The molecule has 0 aliphatic heterocycles. The van der Waals surface area contributed by atoms with Crippen molar-refractivity contribution in [2.75, 3.05) is 25.5 Å². The number of alkyl halides is 1. The average Bonchev–Trinajstić information content (AvgIpc) is 2.81. The Balaban J connectivity index is 2.26. The highest BCUT2D eigenvalue weighted by molar-refractivity contribution is 6.17. The Hall–Kier alpha value is -1.13. The Bertz CT molecular complexity index is 579. The van der Waals surface area contributed by atoms with E-state index in [1.54, 1.807) is 0 Å². The monoisotopic (exact) mass is 308 g/mol. The molecular formula is C16H25ClN4. The summed E-state index contributed by atoms with van der Waals surface area (Å²) >= 11 is 5.92. The van der Waals surface area contributed by atoms with E-state index in [9.17, 15) is 0 Å². The first-order valence-electron chi connectivity index (χ1n) is 7.80. The van der Waals surface area contributed by atoms with Crippen molar-refractivity contribution in [1.29, 1.82) is 0 Å². The second kappa shape index (κ2) is 7.76. The lowest BCUT2D eigenvalue weighted by molar-refractivity contribution is 0.276. The van der Waals surface area contributed by atoms with E-state index >= 15 is 0 Å². The van der Waals surface area contributed by atoms with Gasteiger partial charge in [-0.25, -0.2) is 9.97 Å². The van der Waals surface area contributed by atoms with E-state index < -0.39 is 0 Å². The van der Waals surface area contributed by atoms with Crippen LogP contribution in [0.5, 0.6) is 0 Å². The zero-order valence-electron chi connectivity index (χ0n) is 13.3. The van der Waals surface area contributed by atoms with E-state index in [1.807, 2.05) is 13.0 Å². The lowest BCUT2D eigenvalue weighted by Crippen LogP contribution is -2.28. The van der Waals surface area contributed by atoms with Crippen molar-refractivity contribution < 1.29 is 0 Å². The minimum Gasteiger partial charge on any atom is -0.311 e. The molecule has 0 saturated carbocycles. The predicted octanol–water partition coefficient (Wildman–Crippen LogP) is 3.25. The van der Waals surface area contributed by atoms with Gasteiger partial charge in [0, 0.05) is 31.1 Å². The number of likely N-dealkylation sites (N-methyl/N-ethyl adjacent to an activating group) is 1. The van der Waals surface area contributed by atoms with Gasteiger partial charge in [0.05, 0.1) is 0 Å². The zero-order chi connectivity index (χ0) is 15.2. The van der Waals surface area contributed by atoms with E-state index in [2.05, 4.69) is 34.4 Å². The molecule has 0 N–H and O–H groups in total. The van der Waals surface area contributed by atoms with E-state index in [1.165, 1.54) is 6.42 Å². The first-order chi connectivity index (χ1) is 10.2. The molecule has 0 atom stereocenters. The molecule has 4 nitrogen and oxygen atoms in total. The Morgan fingerprint density at radius 1 is 1.19 bits per heavy atom. The van der Waals surface area contributed by atoms with Gasteiger partial charge in [0.15, 0.2) is 5.65 Å². The first-order valence-corrected chi connectivity index (χ1v) is 8.34. The molecule has 0 spiro atoms. The number of hydrogen-bond acceptors (Lipinski definition) is 3.